The summed E-state index contributed by atoms with van der Waals surface area (Å²) in [5, 5.41) is 32.9. The Labute approximate surface area is 289 Å². The van der Waals surface area contributed by atoms with Crippen LogP contribution in [-0.2, 0) is 18.3 Å². The summed E-state index contributed by atoms with van der Waals surface area (Å²) in [6.07, 6.45) is 11.6. The molecule has 0 radical (unpaired) electrons. The van der Waals surface area contributed by atoms with E-state index in [2.05, 4.69) is 27.6 Å². The number of nitriles is 1. The number of aromatic nitrogens is 5. The van der Waals surface area contributed by atoms with Gasteiger partial charge in [0.1, 0.15) is 28.9 Å². The van der Waals surface area contributed by atoms with Gasteiger partial charge in [0.05, 0.1) is 28.7 Å². The summed E-state index contributed by atoms with van der Waals surface area (Å²) in [5.74, 6) is 3.36. The van der Waals surface area contributed by atoms with Gasteiger partial charge in [-0.3, -0.25) is 0 Å². The normalized spacial score (nSPS) is 32.2. The highest BCUT2D eigenvalue weighted by Crippen LogP contribution is 2.55. The Balaban J connectivity index is 1.18. The number of likely N-dealkylation sites (tertiary alicyclic amines) is 1. The molecule has 0 amide bonds. The average Bonchev–Trinajstić information content (AvgIpc) is 3.85. The molecule has 12 nitrogen and oxygen atoms in total. The molecule has 2 saturated heterocycles. The first-order valence-electron chi connectivity index (χ1n) is 18.2. The highest BCUT2D eigenvalue weighted by Gasteiger charge is 2.50. The molecule has 6 atom stereocenters. The quantitative estimate of drug-likeness (QED) is 0.290. The highest BCUT2D eigenvalue weighted by molar-refractivity contribution is 7.16. The molecule has 3 aliphatic heterocycles. The molecule has 10 rings (SSSR count). The van der Waals surface area contributed by atoms with E-state index in [0.29, 0.717) is 59.5 Å². The number of piperidine rings is 1. The van der Waals surface area contributed by atoms with Crippen molar-refractivity contribution < 1.29 is 14.4 Å². The third-order valence-corrected chi connectivity index (χ3v) is 13.9. The topological polar surface area (TPSA) is 155 Å². The first-order valence-corrected chi connectivity index (χ1v) is 19.0. The molecule has 1 saturated carbocycles. The minimum absolute atomic E-state index is 0.0671. The summed E-state index contributed by atoms with van der Waals surface area (Å²) in [5.41, 5.74) is 9.27. The number of hydrogen-bond donors (Lipinski definition) is 2. The second kappa shape index (κ2) is 10.6. The van der Waals surface area contributed by atoms with Gasteiger partial charge in [0.25, 0.3) is 0 Å². The van der Waals surface area contributed by atoms with Crippen molar-refractivity contribution in [2.24, 2.45) is 5.92 Å². The lowest BCUT2D eigenvalue weighted by Gasteiger charge is -2.42. The van der Waals surface area contributed by atoms with Crippen molar-refractivity contribution in [3.05, 3.63) is 27.3 Å². The second-order valence-electron chi connectivity index (χ2n) is 15.8. The van der Waals surface area contributed by atoms with Crippen LogP contribution in [0.5, 0.6) is 5.88 Å². The Hall–Kier alpha value is -3.73. The summed E-state index contributed by atoms with van der Waals surface area (Å²) in [6, 6.07) is 3.06. The maximum atomic E-state index is 11.3. The number of thiophene rings is 1. The molecule has 4 aromatic heterocycles. The van der Waals surface area contributed by atoms with Crippen LogP contribution in [0.15, 0.2) is 4.52 Å². The summed E-state index contributed by atoms with van der Waals surface area (Å²) >= 11 is 1.55. The number of likely N-dealkylation sites (N-methyl/N-ethyl adjacent to an activating group) is 1. The Morgan fingerprint density at radius 2 is 1.94 bits per heavy atom. The fourth-order valence-electron chi connectivity index (χ4n) is 10.7. The zero-order valence-corrected chi connectivity index (χ0v) is 29.1. The number of nitrogens with zero attached hydrogens (tertiary/aromatic N) is 8. The zero-order chi connectivity index (χ0) is 33.2. The van der Waals surface area contributed by atoms with Crippen molar-refractivity contribution in [1.29, 1.82) is 5.26 Å². The molecule has 1 spiro atoms. The van der Waals surface area contributed by atoms with Gasteiger partial charge in [-0.2, -0.15) is 5.26 Å². The third kappa shape index (κ3) is 4.26. The summed E-state index contributed by atoms with van der Waals surface area (Å²) in [7, 11) is 2.24. The molecule has 0 bridgehead atoms. The lowest BCUT2D eigenvalue weighted by atomic mass is 9.63. The smallest absolute Gasteiger partial charge is 0.246 e. The number of nitrogens with two attached hydrogens (primary N) is 1. The number of aliphatic hydroxyl groups is 1. The molecule has 6 unspecified atom stereocenters. The minimum atomic E-state index is -0.851. The van der Waals surface area contributed by atoms with Gasteiger partial charge in [-0.1, -0.05) is 11.6 Å². The maximum Gasteiger partial charge on any atom is 0.246 e. The number of anilines is 2. The molecule has 256 valence electrons. The number of hydrogen-bond acceptors (Lipinski definition) is 12. The number of nitrogen functional groups attached to an aromatic ring is 1. The monoisotopic (exact) mass is 681 g/mol. The maximum absolute atomic E-state index is 11.3. The predicted molar refractivity (Wildman–Crippen MR) is 185 cm³/mol. The Morgan fingerprint density at radius 1 is 1.08 bits per heavy atom. The molecule has 3 fully saturated rings. The minimum Gasteiger partial charge on any atom is -0.474 e. The van der Waals surface area contributed by atoms with E-state index in [1.54, 1.807) is 11.3 Å². The van der Waals surface area contributed by atoms with Crippen LogP contribution in [-0.4, -0.2) is 79.3 Å². The van der Waals surface area contributed by atoms with Crippen molar-refractivity contribution in [3.63, 3.8) is 0 Å². The Morgan fingerprint density at radius 3 is 2.80 bits per heavy atom. The average molecular weight is 682 g/mol. The van der Waals surface area contributed by atoms with Crippen molar-refractivity contribution in [2.75, 3.05) is 37.4 Å². The molecule has 13 heteroatoms. The number of aryl methyl sites for hydroxylation is 1. The van der Waals surface area contributed by atoms with Gasteiger partial charge in [-0.05, 0) is 103 Å². The SMILES string of the molecule is CN1CCC2CCCC(n3nc4c5c(nc(-c6noc7c6CCCC76CCCc7sc(N)c(C#N)c76)nc53)N3CC(C)(O)CCC3CO4)C21. The van der Waals surface area contributed by atoms with Crippen LogP contribution >= 0.6 is 11.3 Å². The number of rotatable bonds is 2. The van der Waals surface area contributed by atoms with E-state index in [-0.39, 0.29) is 12.1 Å². The molecular weight excluding hydrogens is 639 g/mol. The van der Waals surface area contributed by atoms with E-state index in [1.807, 2.05) is 6.92 Å². The van der Waals surface area contributed by atoms with E-state index in [1.165, 1.54) is 17.7 Å². The van der Waals surface area contributed by atoms with Crippen LogP contribution in [0.2, 0.25) is 0 Å². The van der Waals surface area contributed by atoms with Gasteiger partial charge in [-0.25, -0.2) is 14.6 Å². The fourth-order valence-corrected chi connectivity index (χ4v) is 11.8. The predicted octanol–water partition coefficient (Wildman–Crippen LogP) is 5.11. The lowest BCUT2D eigenvalue weighted by molar-refractivity contribution is 0.0321. The molecule has 3 aliphatic carbocycles. The summed E-state index contributed by atoms with van der Waals surface area (Å²) < 4.78 is 15.1. The van der Waals surface area contributed by atoms with Gasteiger partial charge in [-0.15, -0.1) is 16.4 Å². The van der Waals surface area contributed by atoms with Crippen LogP contribution in [0.3, 0.4) is 0 Å². The third-order valence-electron chi connectivity index (χ3n) is 12.9. The molecule has 3 N–H and O–H groups in total. The molecule has 7 heterocycles. The molecule has 6 aliphatic rings. The zero-order valence-electron chi connectivity index (χ0n) is 28.2. The fraction of sp³-hybridized carbons (Fsp3) is 0.639. The van der Waals surface area contributed by atoms with Crippen LogP contribution in [0.1, 0.15) is 105 Å². The van der Waals surface area contributed by atoms with Crippen LogP contribution in [0.4, 0.5) is 10.8 Å². The van der Waals surface area contributed by atoms with E-state index in [9.17, 15) is 10.4 Å². The Bertz CT molecular complexity index is 2040. The van der Waals surface area contributed by atoms with Crippen molar-refractivity contribution in [1.82, 2.24) is 29.8 Å². The van der Waals surface area contributed by atoms with Gasteiger partial charge in [0.15, 0.2) is 22.9 Å². The molecule has 0 aromatic carbocycles. The van der Waals surface area contributed by atoms with E-state index >= 15 is 0 Å². The lowest BCUT2D eigenvalue weighted by Crippen LogP contribution is -2.53. The van der Waals surface area contributed by atoms with E-state index in [0.717, 1.165) is 98.1 Å². The van der Waals surface area contributed by atoms with Crippen molar-refractivity contribution in [2.45, 2.75) is 113 Å². The van der Waals surface area contributed by atoms with Crippen LogP contribution < -0.4 is 15.4 Å². The molecule has 49 heavy (non-hydrogen) atoms. The Kier molecular flexibility index (Phi) is 6.54. The number of ether oxygens (including phenoxy) is 1. The highest BCUT2D eigenvalue weighted by atomic mass is 32.1. The van der Waals surface area contributed by atoms with E-state index in [4.69, 9.17) is 35.2 Å². The molecule has 4 aromatic rings. The second-order valence-corrected chi connectivity index (χ2v) is 17.0. The molecular formula is C36H43N9O3S. The summed E-state index contributed by atoms with van der Waals surface area (Å²) in [4.78, 5) is 16.6. The van der Waals surface area contributed by atoms with Crippen LogP contribution in [0.25, 0.3) is 22.6 Å². The number of fused-ring (bicyclic) bond motifs is 7. The van der Waals surface area contributed by atoms with Gasteiger partial charge >= 0.3 is 0 Å². The van der Waals surface area contributed by atoms with E-state index < -0.39 is 11.0 Å². The van der Waals surface area contributed by atoms with Gasteiger partial charge < -0.3 is 29.9 Å². The van der Waals surface area contributed by atoms with Crippen molar-refractivity contribution >= 4 is 33.2 Å². The van der Waals surface area contributed by atoms with Gasteiger partial charge in [0.2, 0.25) is 5.88 Å². The first-order chi connectivity index (χ1) is 23.8. The first kappa shape index (κ1) is 30.1. The summed E-state index contributed by atoms with van der Waals surface area (Å²) in [6.45, 7) is 3.95. The van der Waals surface area contributed by atoms with Gasteiger partial charge in [0, 0.05) is 23.0 Å². The largest absolute Gasteiger partial charge is 0.474 e. The van der Waals surface area contributed by atoms with Crippen LogP contribution in [0, 0.1) is 17.2 Å². The standard InChI is InChI=1S/C36H43N9O3S/c1-35(46)14-10-20-17-47-34-25-32(44(20)18-35)39-31(40-33(25)45(41-34)23-8-3-6-19-11-15-43(2)28(19)23)27-21-7-4-12-36(29(21)48-42-27)13-5-9-24-26(36)22(16-37)30(38)49-24/h19-20,23,28,46H,3-15,17-18,38H2,1-2H3. The van der Waals surface area contributed by atoms with Crippen molar-refractivity contribution in [3.8, 4) is 23.5 Å².